The molecule has 0 saturated carbocycles. The van der Waals surface area contributed by atoms with Gasteiger partial charge in [0.05, 0.1) is 31.4 Å². The number of morpholine rings is 1. The molecule has 2 fully saturated rings. The number of hydrogen-bond donors (Lipinski definition) is 1. The molecule has 0 aromatic heterocycles. The molecule has 0 aliphatic carbocycles. The number of carbonyl (C=O) groups excluding carboxylic acids is 2. The van der Waals surface area contributed by atoms with Crippen LogP contribution in [0.1, 0.15) is 36.1 Å². The van der Waals surface area contributed by atoms with Crippen LogP contribution in [0.4, 0.5) is 0 Å². The first kappa shape index (κ1) is 24.0. The molecule has 0 spiro atoms. The predicted molar refractivity (Wildman–Crippen MR) is 130 cm³/mol. The smallest absolute Gasteiger partial charge is 0.295 e. The highest BCUT2D eigenvalue weighted by atomic mass is 16.5. The molecule has 2 saturated heterocycles. The largest absolute Gasteiger partial charge is 0.507 e. The second-order valence-corrected chi connectivity index (χ2v) is 8.73. The van der Waals surface area contributed by atoms with Crippen LogP contribution in [0, 0.1) is 6.92 Å². The molecule has 1 amide bonds. The number of ketones is 1. The predicted octanol–water partition coefficient (Wildman–Crippen LogP) is 3.54. The van der Waals surface area contributed by atoms with Crippen molar-refractivity contribution < 1.29 is 24.2 Å². The first-order valence-electron chi connectivity index (χ1n) is 11.9. The van der Waals surface area contributed by atoms with Crippen LogP contribution in [0.5, 0.6) is 5.75 Å². The Bertz CT molecular complexity index is 1060. The Morgan fingerprint density at radius 2 is 1.82 bits per heavy atom. The Morgan fingerprint density at radius 1 is 1.09 bits per heavy atom. The summed E-state index contributed by atoms with van der Waals surface area (Å²) in [6.45, 7) is 8.50. The minimum Gasteiger partial charge on any atom is -0.507 e. The van der Waals surface area contributed by atoms with E-state index in [1.54, 1.807) is 23.1 Å². The van der Waals surface area contributed by atoms with Crippen LogP contribution in [-0.4, -0.2) is 72.6 Å². The topological polar surface area (TPSA) is 79.3 Å². The molecular weight excluding hydrogens is 432 g/mol. The van der Waals surface area contributed by atoms with Gasteiger partial charge in [-0.05, 0) is 31.0 Å². The normalized spacial score (nSPS) is 20.6. The SMILES string of the molecule is CCCOc1cccc(C(O)=C2C(=O)C(=O)N(CCN3CCOCC3)C2c2ccc(C)cc2)c1. The van der Waals surface area contributed by atoms with Gasteiger partial charge in [0.1, 0.15) is 11.5 Å². The number of rotatable bonds is 8. The fourth-order valence-electron chi connectivity index (χ4n) is 4.39. The van der Waals surface area contributed by atoms with Crippen molar-refractivity contribution in [3.63, 3.8) is 0 Å². The summed E-state index contributed by atoms with van der Waals surface area (Å²) >= 11 is 0. The molecule has 0 bridgehead atoms. The lowest BCUT2D eigenvalue weighted by atomic mass is 9.94. The molecule has 2 aliphatic rings. The number of hydrogen-bond acceptors (Lipinski definition) is 6. The molecular formula is C27H32N2O5. The highest BCUT2D eigenvalue weighted by Gasteiger charge is 2.46. The number of aliphatic hydroxyl groups is 1. The maximum absolute atomic E-state index is 13.2. The van der Waals surface area contributed by atoms with Crippen LogP contribution in [0.2, 0.25) is 0 Å². The first-order valence-corrected chi connectivity index (χ1v) is 11.9. The summed E-state index contributed by atoms with van der Waals surface area (Å²) in [5.74, 6) is -0.817. The van der Waals surface area contributed by atoms with Gasteiger partial charge in [-0.15, -0.1) is 0 Å². The molecule has 2 aromatic carbocycles. The van der Waals surface area contributed by atoms with E-state index in [0.717, 1.165) is 30.6 Å². The maximum Gasteiger partial charge on any atom is 0.295 e. The minimum absolute atomic E-state index is 0.114. The summed E-state index contributed by atoms with van der Waals surface area (Å²) in [6, 6.07) is 14.1. The Labute approximate surface area is 200 Å². The van der Waals surface area contributed by atoms with Crippen LogP contribution in [0.15, 0.2) is 54.1 Å². The third kappa shape index (κ3) is 5.16. The van der Waals surface area contributed by atoms with E-state index < -0.39 is 17.7 Å². The van der Waals surface area contributed by atoms with Crippen molar-refractivity contribution in [3.05, 3.63) is 70.8 Å². The van der Waals surface area contributed by atoms with E-state index >= 15 is 0 Å². The monoisotopic (exact) mass is 464 g/mol. The number of carbonyl (C=O) groups is 2. The van der Waals surface area contributed by atoms with Gasteiger partial charge in [0, 0.05) is 31.7 Å². The van der Waals surface area contributed by atoms with E-state index in [4.69, 9.17) is 9.47 Å². The minimum atomic E-state index is -0.662. The third-order valence-corrected chi connectivity index (χ3v) is 6.27. The molecule has 180 valence electrons. The molecule has 2 heterocycles. The fraction of sp³-hybridized carbons (Fsp3) is 0.407. The van der Waals surface area contributed by atoms with Crippen molar-refractivity contribution in [1.82, 2.24) is 9.80 Å². The highest BCUT2D eigenvalue weighted by molar-refractivity contribution is 6.46. The molecule has 0 radical (unpaired) electrons. The summed E-state index contributed by atoms with van der Waals surface area (Å²) in [5, 5.41) is 11.3. The Hall–Kier alpha value is -3.16. The van der Waals surface area contributed by atoms with Crippen LogP contribution in [0.3, 0.4) is 0 Å². The van der Waals surface area contributed by atoms with E-state index in [1.807, 2.05) is 44.2 Å². The number of ether oxygens (including phenoxy) is 2. The molecule has 1 N–H and O–H groups in total. The highest BCUT2D eigenvalue weighted by Crippen LogP contribution is 2.39. The molecule has 7 heteroatoms. The van der Waals surface area contributed by atoms with Gasteiger partial charge in [-0.3, -0.25) is 14.5 Å². The molecule has 34 heavy (non-hydrogen) atoms. The van der Waals surface area contributed by atoms with Gasteiger partial charge in [-0.2, -0.15) is 0 Å². The van der Waals surface area contributed by atoms with Gasteiger partial charge >= 0.3 is 0 Å². The molecule has 1 atom stereocenters. The zero-order valence-electron chi connectivity index (χ0n) is 19.8. The van der Waals surface area contributed by atoms with Crippen molar-refractivity contribution >= 4 is 17.4 Å². The van der Waals surface area contributed by atoms with Crippen molar-refractivity contribution in [2.45, 2.75) is 26.3 Å². The summed E-state index contributed by atoms with van der Waals surface area (Å²) in [7, 11) is 0. The second-order valence-electron chi connectivity index (χ2n) is 8.73. The van der Waals surface area contributed by atoms with Crippen molar-refractivity contribution in [2.75, 3.05) is 46.0 Å². The van der Waals surface area contributed by atoms with Crippen molar-refractivity contribution in [2.24, 2.45) is 0 Å². The summed E-state index contributed by atoms with van der Waals surface area (Å²) < 4.78 is 11.1. The standard InChI is InChI=1S/C27H32N2O5/c1-3-15-34-22-6-4-5-21(18-22)25(30)23-24(20-9-7-19(2)8-10-20)29(27(32)26(23)31)12-11-28-13-16-33-17-14-28/h4-10,18,24,30H,3,11-17H2,1-2H3. The lowest BCUT2D eigenvalue weighted by molar-refractivity contribution is -0.140. The summed E-state index contributed by atoms with van der Waals surface area (Å²) in [4.78, 5) is 30.2. The average molecular weight is 465 g/mol. The average Bonchev–Trinajstić information content (AvgIpc) is 3.12. The van der Waals surface area contributed by atoms with Crippen LogP contribution in [-0.2, 0) is 14.3 Å². The molecule has 4 rings (SSSR count). The number of amides is 1. The van der Waals surface area contributed by atoms with E-state index in [-0.39, 0.29) is 11.3 Å². The Morgan fingerprint density at radius 3 is 2.53 bits per heavy atom. The van der Waals surface area contributed by atoms with E-state index in [1.165, 1.54) is 0 Å². The Balaban J connectivity index is 1.71. The number of aliphatic hydroxyl groups excluding tert-OH is 1. The van der Waals surface area contributed by atoms with Gasteiger partial charge in [-0.25, -0.2) is 0 Å². The van der Waals surface area contributed by atoms with Gasteiger partial charge in [0.2, 0.25) is 0 Å². The molecule has 7 nitrogen and oxygen atoms in total. The van der Waals surface area contributed by atoms with E-state index in [2.05, 4.69) is 4.90 Å². The second kappa shape index (κ2) is 10.8. The van der Waals surface area contributed by atoms with Gasteiger partial charge in [-0.1, -0.05) is 48.9 Å². The van der Waals surface area contributed by atoms with E-state index in [9.17, 15) is 14.7 Å². The van der Waals surface area contributed by atoms with Crippen molar-refractivity contribution in [3.8, 4) is 5.75 Å². The zero-order valence-corrected chi connectivity index (χ0v) is 19.8. The molecule has 2 aliphatic heterocycles. The van der Waals surface area contributed by atoms with Gasteiger partial charge < -0.3 is 19.5 Å². The quantitative estimate of drug-likeness (QED) is 0.366. The van der Waals surface area contributed by atoms with Crippen LogP contribution < -0.4 is 4.74 Å². The number of benzene rings is 2. The van der Waals surface area contributed by atoms with Crippen molar-refractivity contribution in [1.29, 1.82) is 0 Å². The zero-order chi connectivity index (χ0) is 24.1. The lowest BCUT2D eigenvalue weighted by Crippen LogP contribution is -2.42. The lowest BCUT2D eigenvalue weighted by Gasteiger charge is -2.31. The number of aryl methyl sites for hydroxylation is 1. The first-order chi connectivity index (χ1) is 16.5. The fourth-order valence-corrected chi connectivity index (χ4v) is 4.39. The van der Waals surface area contributed by atoms with Crippen LogP contribution >= 0.6 is 0 Å². The maximum atomic E-state index is 13.2. The van der Waals surface area contributed by atoms with E-state index in [0.29, 0.717) is 44.2 Å². The number of nitrogens with zero attached hydrogens (tertiary/aromatic N) is 2. The molecule has 1 unspecified atom stereocenters. The number of Topliss-reactive ketones (excluding diaryl/α,β-unsaturated/α-hetero) is 1. The summed E-state index contributed by atoms with van der Waals surface area (Å²) in [6.07, 6.45) is 0.859. The van der Waals surface area contributed by atoms with Gasteiger partial charge in [0.15, 0.2) is 0 Å². The summed E-state index contributed by atoms with van der Waals surface area (Å²) in [5.41, 5.74) is 2.45. The Kier molecular flexibility index (Phi) is 7.65. The van der Waals surface area contributed by atoms with Gasteiger partial charge in [0.25, 0.3) is 11.7 Å². The number of likely N-dealkylation sites (tertiary alicyclic amines) is 1. The molecule has 2 aromatic rings. The third-order valence-electron chi connectivity index (χ3n) is 6.27. The van der Waals surface area contributed by atoms with Crippen LogP contribution in [0.25, 0.3) is 5.76 Å².